The highest BCUT2D eigenvalue weighted by atomic mass is 15.1. The van der Waals surface area contributed by atoms with E-state index < -0.39 is 0 Å². The van der Waals surface area contributed by atoms with Gasteiger partial charge < -0.3 is 14.7 Å². The SMILES string of the molecule is CCN(CC)c1ccc(C(c2ccc(N(CC)CC)c3ccccc23)c2ccc(N(CC)CC)c3ccccc23)cc1. The van der Waals surface area contributed by atoms with Gasteiger partial charge >= 0.3 is 0 Å². The molecule has 5 rings (SSSR count). The topological polar surface area (TPSA) is 9.72 Å². The molecule has 0 aliphatic rings. The Bertz CT molecular complexity index is 1510. The second-order valence-corrected chi connectivity index (χ2v) is 11.0. The predicted octanol–water partition coefficient (Wildman–Crippen LogP) is 9.71. The largest absolute Gasteiger partial charge is 0.372 e. The summed E-state index contributed by atoms with van der Waals surface area (Å²) in [6.45, 7) is 19.4. The Morgan fingerprint density at radius 1 is 0.405 bits per heavy atom. The quantitative estimate of drug-likeness (QED) is 0.141. The number of fused-ring (bicyclic) bond motifs is 2. The van der Waals surface area contributed by atoms with Crippen molar-refractivity contribution in [3.63, 3.8) is 0 Å². The van der Waals surface area contributed by atoms with Crippen LogP contribution < -0.4 is 14.7 Å². The van der Waals surface area contributed by atoms with Crippen LogP contribution in [-0.4, -0.2) is 39.3 Å². The summed E-state index contributed by atoms with van der Waals surface area (Å²) in [6.07, 6.45) is 0. The van der Waals surface area contributed by atoms with E-state index in [-0.39, 0.29) is 5.92 Å². The second kappa shape index (κ2) is 13.3. The van der Waals surface area contributed by atoms with Crippen LogP contribution in [0.2, 0.25) is 0 Å². The molecule has 0 aromatic heterocycles. The summed E-state index contributed by atoms with van der Waals surface area (Å²) in [4.78, 5) is 7.35. The fraction of sp³-hybridized carbons (Fsp3) is 0.333. The lowest BCUT2D eigenvalue weighted by molar-refractivity contribution is 0.864. The van der Waals surface area contributed by atoms with E-state index in [9.17, 15) is 0 Å². The van der Waals surface area contributed by atoms with Crippen molar-refractivity contribution in [2.24, 2.45) is 0 Å². The van der Waals surface area contributed by atoms with Gasteiger partial charge in [-0.1, -0.05) is 72.8 Å². The summed E-state index contributed by atoms with van der Waals surface area (Å²) in [6, 6.07) is 36.8. The molecule has 0 unspecified atom stereocenters. The van der Waals surface area contributed by atoms with Gasteiger partial charge in [0.1, 0.15) is 0 Å². The smallest absolute Gasteiger partial charge is 0.0445 e. The van der Waals surface area contributed by atoms with Gasteiger partial charge in [-0.3, -0.25) is 0 Å². The molecule has 0 saturated carbocycles. The maximum absolute atomic E-state index is 2.47. The molecule has 0 spiro atoms. The van der Waals surface area contributed by atoms with Gasteiger partial charge in [0, 0.05) is 73.0 Å². The standard InChI is InChI=1S/C39H47N3/c1-7-40(8-2)30-23-21-29(22-24-30)39(35-25-27-37(41(9-3)10-4)33-19-15-13-17-31(33)35)36-26-28-38(42(11-5)12-6)34-20-16-14-18-32(34)36/h13-28,39H,7-12H2,1-6H3. The van der Waals surface area contributed by atoms with Crippen LogP contribution in [0.15, 0.2) is 97.1 Å². The molecule has 42 heavy (non-hydrogen) atoms. The Kier molecular flexibility index (Phi) is 9.37. The molecule has 0 aliphatic heterocycles. The number of rotatable bonds is 12. The molecule has 0 fully saturated rings. The van der Waals surface area contributed by atoms with Crippen molar-refractivity contribution in [3.05, 3.63) is 114 Å². The molecule has 0 atom stereocenters. The zero-order chi connectivity index (χ0) is 29.6. The van der Waals surface area contributed by atoms with Crippen LogP contribution >= 0.6 is 0 Å². The van der Waals surface area contributed by atoms with Gasteiger partial charge in [0.25, 0.3) is 0 Å². The van der Waals surface area contributed by atoms with Crippen LogP contribution in [0.4, 0.5) is 17.1 Å². The monoisotopic (exact) mass is 557 g/mol. The molecule has 0 N–H and O–H groups in total. The first-order chi connectivity index (χ1) is 20.6. The van der Waals surface area contributed by atoms with Crippen molar-refractivity contribution in [2.75, 3.05) is 54.0 Å². The molecule has 0 radical (unpaired) electrons. The predicted molar refractivity (Wildman–Crippen MR) is 186 cm³/mol. The first kappa shape index (κ1) is 29.5. The lowest BCUT2D eigenvalue weighted by Gasteiger charge is -2.29. The minimum absolute atomic E-state index is 0.0991. The minimum atomic E-state index is 0.0991. The molecular weight excluding hydrogens is 510 g/mol. The van der Waals surface area contributed by atoms with Gasteiger partial charge in [0.15, 0.2) is 0 Å². The van der Waals surface area contributed by atoms with Crippen LogP contribution in [0.1, 0.15) is 64.2 Å². The van der Waals surface area contributed by atoms with E-state index >= 15 is 0 Å². The van der Waals surface area contributed by atoms with Crippen molar-refractivity contribution in [3.8, 4) is 0 Å². The molecule has 0 saturated heterocycles. The van der Waals surface area contributed by atoms with Crippen molar-refractivity contribution in [1.29, 1.82) is 0 Å². The van der Waals surface area contributed by atoms with E-state index in [1.165, 1.54) is 55.3 Å². The van der Waals surface area contributed by atoms with Crippen molar-refractivity contribution in [1.82, 2.24) is 0 Å². The third kappa shape index (κ3) is 5.45. The summed E-state index contributed by atoms with van der Waals surface area (Å²) in [5.41, 5.74) is 7.96. The molecule has 5 aromatic carbocycles. The molecule has 218 valence electrons. The Labute approximate surface area is 253 Å². The van der Waals surface area contributed by atoms with Crippen LogP contribution in [0.5, 0.6) is 0 Å². The lowest BCUT2D eigenvalue weighted by Crippen LogP contribution is -2.22. The van der Waals surface area contributed by atoms with E-state index in [2.05, 4.69) is 153 Å². The molecule has 3 nitrogen and oxygen atoms in total. The summed E-state index contributed by atoms with van der Waals surface area (Å²) in [5, 5.41) is 5.31. The number of benzene rings is 5. The van der Waals surface area contributed by atoms with E-state index in [4.69, 9.17) is 0 Å². The third-order valence-electron chi connectivity index (χ3n) is 9.05. The van der Waals surface area contributed by atoms with Crippen LogP contribution in [0, 0.1) is 0 Å². The highest BCUT2D eigenvalue weighted by molar-refractivity contribution is 6.00. The molecule has 3 heteroatoms. The van der Waals surface area contributed by atoms with E-state index in [1.807, 2.05) is 0 Å². The first-order valence-electron chi connectivity index (χ1n) is 16.0. The summed E-state index contributed by atoms with van der Waals surface area (Å²) in [5.74, 6) is 0.0991. The average Bonchev–Trinajstić information content (AvgIpc) is 3.05. The third-order valence-corrected chi connectivity index (χ3v) is 9.05. The highest BCUT2D eigenvalue weighted by Crippen LogP contribution is 2.43. The summed E-state index contributed by atoms with van der Waals surface area (Å²) >= 11 is 0. The second-order valence-electron chi connectivity index (χ2n) is 11.0. The normalized spacial score (nSPS) is 11.4. The van der Waals surface area contributed by atoms with E-state index in [0.29, 0.717) is 0 Å². The Hall–Kier alpha value is -3.98. The van der Waals surface area contributed by atoms with Gasteiger partial charge in [0.05, 0.1) is 0 Å². The minimum Gasteiger partial charge on any atom is -0.372 e. The molecule has 0 amide bonds. The molecule has 5 aromatic rings. The number of nitrogens with zero attached hydrogens (tertiary/aromatic N) is 3. The highest BCUT2D eigenvalue weighted by Gasteiger charge is 2.24. The molecule has 0 heterocycles. The Morgan fingerprint density at radius 3 is 1.17 bits per heavy atom. The van der Waals surface area contributed by atoms with Gasteiger partial charge in [-0.25, -0.2) is 0 Å². The number of anilines is 3. The van der Waals surface area contributed by atoms with Crippen LogP contribution in [0.25, 0.3) is 21.5 Å². The Morgan fingerprint density at radius 2 is 0.786 bits per heavy atom. The van der Waals surface area contributed by atoms with Crippen LogP contribution in [-0.2, 0) is 0 Å². The fourth-order valence-electron chi connectivity index (χ4n) is 6.79. The Balaban J connectivity index is 1.79. The van der Waals surface area contributed by atoms with Gasteiger partial charge in [-0.15, -0.1) is 0 Å². The molecule has 0 bridgehead atoms. The molecular formula is C39H47N3. The average molecular weight is 558 g/mol. The number of hydrogen-bond acceptors (Lipinski definition) is 3. The van der Waals surface area contributed by atoms with Crippen molar-refractivity contribution in [2.45, 2.75) is 47.5 Å². The van der Waals surface area contributed by atoms with Gasteiger partial charge in [-0.2, -0.15) is 0 Å². The maximum Gasteiger partial charge on any atom is 0.0445 e. The maximum atomic E-state index is 2.47. The van der Waals surface area contributed by atoms with Gasteiger partial charge in [0.2, 0.25) is 0 Å². The number of hydrogen-bond donors (Lipinski definition) is 0. The van der Waals surface area contributed by atoms with Gasteiger partial charge in [-0.05, 0) is 93.3 Å². The first-order valence-corrected chi connectivity index (χ1v) is 16.0. The van der Waals surface area contributed by atoms with Crippen molar-refractivity contribution >= 4 is 38.6 Å². The lowest BCUT2D eigenvalue weighted by atomic mass is 9.80. The zero-order valence-corrected chi connectivity index (χ0v) is 26.4. The summed E-state index contributed by atoms with van der Waals surface area (Å²) in [7, 11) is 0. The summed E-state index contributed by atoms with van der Waals surface area (Å²) < 4.78 is 0. The zero-order valence-electron chi connectivity index (χ0n) is 26.4. The van der Waals surface area contributed by atoms with E-state index in [1.54, 1.807) is 0 Å². The van der Waals surface area contributed by atoms with Crippen molar-refractivity contribution < 1.29 is 0 Å². The molecule has 0 aliphatic carbocycles. The van der Waals surface area contributed by atoms with Crippen LogP contribution in [0.3, 0.4) is 0 Å². The fourth-order valence-corrected chi connectivity index (χ4v) is 6.79. The van der Waals surface area contributed by atoms with E-state index in [0.717, 1.165) is 39.3 Å².